The van der Waals surface area contributed by atoms with E-state index in [1.165, 1.54) is 19.1 Å². The van der Waals surface area contributed by atoms with Crippen LogP contribution in [0.2, 0.25) is 0 Å². The fourth-order valence-electron chi connectivity index (χ4n) is 5.91. The lowest BCUT2D eigenvalue weighted by molar-refractivity contribution is -0.143. The average molecular weight is 419 g/mol. The standard InChI is InChI=1S/C24H35FN2O3/c1-14(23(30)26-13-17-5-7-18(25)8-6-17)19-9-11-24(4)12-10-20(27-16(3)28)15(2)21(24)22(19)29/h5-8,14-15,19-22,29H,9-13H2,1-4H3,(H,26,30)(H,27,28)/t14-,15-,19-,20-,21+,22-,24+/m0/s1. The van der Waals surface area contributed by atoms with Crippen LogP contribution >= 0.6 is 0 Å². The Morgan fingerprint density at radius 2 is 1.87 bits per heavy atom. The van der Waals surface area contributed by atoms with Crippen LogP contribution in [0.1, 0.15) is 58.9 Å². The van der Waals surface area contributed by atoms with Crippen LogP contribution < -0.4 is 10.6 Å². The van der Waals surface area contributed by atoms with E-state index in [0.717, 1.165) is 31.2 Å². The second kappa shape index (κ2) is 9.04. The molecule has 5 nitrogen and oxygen atoms in total. The van der Waals surface area contributed by atoms with Crippen LogP contribution in [0.5, 0.6) is 0 Å². The Bertz CT molecular complexity index is 768. The number of nitrogens with one attached hydrogen (secondary N) is 2. The Balaban J connectivity index is 1.66. The van der Waals surface area contributed by atoms with Gasteiger partial charge in [0.15, 0.2) is 0 Å². The molecule has 6 heteroatoms. The Morgan fingerprint density at radius 3 is 2.50 bits per heavy atom. The highest BCUT2D eigenvalue weighted by atomic mass is 19.1. The number of benzene rings is 1. The van der Waals surface area contributed by atoms with Crippen molar-refractivity contribution in [1.29, 1.82) is 0 Å². The molecule has 2 aliphatic rings. The zero-order chi connectivity index (χ0) is 22.1. The molecule has 7 atom stereocenters. The molecule has 0 saturated heterocycles. The van der Waals surface area contributed by atoms with Gasteiger partial charge in [-0.2, -0.15) is 0 Å². The molecule has 0 unspecified atom stereocenters. The predicted octanol–water partition coefficient (Wildman–Crippen LogP) is 3.41. The molecular weight excluding hydrogens is 383 g/mol. The van der Waals surface area contributed by atoms with Crippen molar-refractivity contribution in [3.63, 3.8) is 0 Å². The SMILES string of the molecule is CC(=O)N[C@H]1CC[C@@]2(C)CC[C@@H]([C@H](C)C(=O)NCc3ccc(F)cc3)[C@H](O)[C@H]2[C@H]1C. The van der Waals surface area contributed by atoms with Gasteiger partial charge in [-0.3, -0.25) is 9.59 Å². The third-order valence-electron chi connectivity index (χ3n) is 7.71. The molecular formula is C24H35FN2O3. The second-order valence-electron chi connectivity index (χ2n) is 9.71. The summed E-state index contributed by atoms with van der Waals surface area (Å²) in [6.45, 7) is 8.13. The summed E-state index contributed by atoms with van der Waals surface area (Å²) in [6, 6.07) is 6.15. The van der Waals surface area contributed by atoms with E-state index in [1.807, 2.05) is 6.92 Å². The lowest BCUT2D eigenvalue weighted by atomic mass is 9.51. The number of hydrogen-bond donors (Lipinski definition) is 3. The molecule has 30 heavy (non-hydrogen) atoms. The predicted molar refractivity (Wildman–Crippen MR) is 114 cm³/mol. The normalized spacial score (nSPS) is 34.5. The number of carbonyl (C=O) groups is 2. The van der Waals surface area contributed by atoms with Gasteiger partial charge in [-0.1, -0.05) is 32.9 Å². The molecule has 2 saturated carbocycles. The van der Waals surface area contributed by atoms with Gasteiger partial charge in [0.25, 0.3) is 0 Å². The van der Waals surface area contributed by atoms with E-state index in [4.69, 9.17) is 0 Å². The van der Waals surface area contributed by atoms with Crippen molar-refractivity contribution in [1.82, 2.24) is 10.6 Å². The molecule has 1 aromatic rings. The Morgan fingerprint density at radius 1 is 1.23 bits per heavy atom. The monoisotopic (exact) mass is 418 g/mol. The number of rotatable bonds is 5. The molecule has 3 rings (SSSR count). The summed E-state index contributed by atoms with van der Waals surface area (Å²) in [4.78, 5) is 24.4. The molecule has 0 heterocycles. The Labute approximate surface area is 178 Å². The number of aliphatic hydroxyl groups excluding tert-OH is 1. The minimum absolute atomic E-state index is 0.0363. The fraction of sp³-hybridized carbons (Fsp3) is 0.667. The molecule has 0 radical (unpaired) electrons. The molecule has 2 amide bonds. The highest BCUT2D eigenvalue weighted by molar-refractivity contribution is 5.78. The van der Waals surface area contributed by atoms with E-state index >= 15 is 0 Å². The van der Waals surface area contributed by atoms with E-state index in [9.17, 15) is 19.1 Å². The van der Waals surface area contributed by atoms with Gasteiger partial charge in [0.2, 0.25) is 11.8 Å². The lowest BCUT2D eigenvalue weighted by Gasteiger charge is -2.56. The highest BCUT2D eigenvalue weighted by Gasteiger charge is 2.53. The van der Waals surface area contributed by atoms with Crippen LogP contribution in [0.25, 0.3) is 0 Å². The zero-order valence-electron chi connectivity index (χ0n) is 18.5. The summed E-state index contributed by atoms with van der Waals surface area (Å²) in [6.07, 6.45) is 3.12. The van der Waals surface area contributed by atoms with E-state index in [2.05, 4.69) is 24.5 Å². The van der Waals surface area contributed by atoms with Crippen LogP contribution in [0.4, 0.5) is 4.39 Å². The number of halogens is 1. The van der Waals surface area contributed by atoms with Gasteiger partial charge in [-0.25, -0.2) is 4.39 Å². The number of amides is 2. The zero-order valence-corrected chi connectivity index (χ0v) is 18.5. The van der Waals surface area contributed by atoms with Crippen LogP contribution in [-0.2, 0) is 16.1 Å². The maximum atomic E-state index is 13.1. The summed E-state index contributed by atoms with van der Waals surface area (Å²) in [5, 5.41) is 17.3. The minimum atomic E-state index is -0.582. The summed E-state index contributed by atoms with van der Waals surface area (Å²) in [7, 11) is 0. The van der Waals surface area contributed by atoms with Crippen LogP contribution in [0.3, 0.4) is 0 Å². The maximum Gasteiger partial charge on any atom is 0.223 e. The quantitative estimate of drug-likeness (QED) is 0.686. The van der Waals surface area contributed by atoms with E-state index < -0.39 is 6.10 Å². The summed E-state index contributed by atoms with van der Waals surface area (Å²) < 4.78 is 13.1. The van der Waals surface area contributed by atoms with Crippen molar-refractivity contribution in [3.8, 4) is 0 Å². The van der Waals surface area contributed by atoms with Crippen molar-refractivity contribution in [3.05, 3.63) is 35.6 Å². The first kappa shape index (κ1) is 22.7. The second-order valence-corrected chi connectivity index (χ2v) is 9.71. The number of hydrogen-bond acceptors (Lipinski definition) is 3. The van der Waals surface area contributed by atoms with Gasteiger partial charge in [0.1, 0.15) is 5.82 Å². The van der Waals surface area contributed by atoms with Crippen LogP contribution in [0, 0.1) is 34.9 Å². The third kappa shape index (κ3) is 4.69. The van der Waals surface area contributed by atoms with Gasteiger partial charge in [0.05, 0.1) is 6.10 Å². The fourth-order valence-corrected chi connectivity index (χ4v) is 5.91. The molecule has 0 aliphatic heterocycles. The van der Waals surface area contributed by atoms with E-state index in [-0.39, 0.29) is 52.8 Å². The van der Waals surface area contributed by atoms with Crippen LogP contribution in [0.15, 0.2) is 24.3 Å². The first-order valence-electron chi connectivity index (χ1n) is 11.1. The molecule has 3 N–H and O–H groups in total. The molecule has 0 aromatic heterocycles. The number of aliphatic hydroxyl groups is 1. The van der Waals surface area contributed by atoms with Crippen molar-refractivity contribution in [2.45, 2.75) is 72.1 Å². The molecule has 0 bridgehead atoms. The third-order valence-corrected chi connectivity index (χ3v) is 7.71. The van der Waals surface area contributed by atoms with Gasteiger partial charge in [-0.15, -0.1) is 0 Å². The summed E-state index contributed by atoms with van der Waals surface area (Å²) in [5.74, 6) is -0.659. The van der Waals surface area contributed by atoms with Crippen molar-refractivity contribution in [2.24, 2.45) is 29.1 Å². The van der Waals surface area contributed by atoms with Gasteiger partial charge >= 0.3 is 0 Å². The van der Waals surface area contributed by atoms with Gasteiger partial charge < -0.3 is 15.7 Å². The summed E-state index contributed by atoms with van der Waals surface area (Å²) >= 11 is 0. The molecule has 2 aliphatic carbocycles. The lowest BCUT2D eigenvalue weighted by Crippen LogP contribution is -2.58. The molecule has 0 spiro atoms. The first-order chi connectivity index (χ1) is 14.1. The first-order valence-corrected chi connectivity index (χ1v) is 11.1. The van der Waals surface area contributed by atoms with Crippen LogP contribution in [-0.4, -0.2) is 29.1 Å². The van der Waals surface area contributed by atoms with Gasteiger partial charge in [0, 0.05) is 25.4 Å². The average Bonchev–Trinajstić information content (AvgIpc) is 2.69. The molecule has 166 valence electrons. The van der Waals surface area contributed by atoms with Gasteiger partial charge in [-0.05, 0) is 66.5 Å². The van der Waals surface area contributed by atoms with Crippen molar-refractivity contribution < 1.29 is 19.1 Å². The smallest absolute Gasteiger partial charge is 0.223 e. The van der Waals surface area contributed by atoms with E-state index in [0.29, 0.717) is 6.54 Å². The maximum absolute atomic E-state index is 13.1. The van der Waals surface area contributed by atoms with Crippen molar-refractivity contribution in [2.75, 3.05) is 0 Å². The number of fused-ring (bicyclic) bond motifs is 1. The minimum Gasteiger partial charge on any atom is -0.392 e. The van der Waals surface area contributed by atoms with E-state index in [1.54, 1.807) is 12.1 Å². The highest BCUT2D eigenvalue weighted by Crippen LogP contribution is 2.55. The van der Waals surface area contributed by atoms with Crippen molar-refractivity contribution >= 4 is 11.8 Å². The Hall–Kier alpha value is -1.95. The number of carbonyl (C=O) groups excluding carboxylic acids is 2. The topological polar surface area (TPSA) is 78.4 Å². The molecule has 1 aromatic carbocycles. The Kier molecular flexibility index (Phi) is 6.85. The molecule has 2 fully saturated rings. The largest absolute Gasteiger partial charge is 0.392 e. The summed E-state index contributed by atoms with van der Waals surface area (Å²) in [5.41, 5.74) is 0.877.